The normalized spacial score (nSPS) is 10.9. The van der Waals surface area contributed by atoms with Crippen LogP contribution in [0, 0.1) is 6.92 Å². The van der Waals surface area contributed by atoms with E-state index in [-0.39, 0.29) is 17.6 Å². The fourth-order valence-electron chi connectivity index (χ4n) is 5.09. The van der Waals surface area contributed by atoms with Gasteiger partial charge in [-0.1, -0.05) is 71.8 Å². The van der Waals surface area contributed by atoms with Gasteiger partial charge in [-0.05, 0) is 55.2 Å². The maximum atomic E-state index is 13.0. The van der Waals surface area contributed by atoms with E-state index in [4.69, 9.17) is 5.21 Å². The van der Waals surface area contributed by atoms with Gasteiger partial charge in [-0.3, -0.25) is 19.6 Å². The van der Waals surface area contributed by atoms with Crippen molar-refractivity contribution in [1.29, 1.82) is 0 Å². The molecule has 0 saturated carbocycles. The van der Waals surface area contributed by atoms with Crippen molar-refractivity contribution in [2.75, 3.05) is 11.9 Å². The first-order valence-electron chi connectivity index (χ1n) is 15.9. The van der Waals surface area contributed by atoms with Gasteiger partial charge in [-0.15, -0.1) is 10.2 Å². The van der Waals surface area contributed by atoms with Crippen molar-refractivity contribution in [3.8, 4) is 0 Å². The van der Waals surface area contributed by atoms with Gasteiger partial charge in [0, 0.05) is 41.5 Å². The van der Waals surface area contributed by atoms with Crippen LogP contribution >= 0.6 is 0 Å². The molecule has 5 rings (SSSR count). The second-order valence-corrected chi connectivity index (χ2v) is 11.6. The Balaban J connectivity index is 1.03. The van der Waals surface area contributed by atoms with Crippen molar-refractivity contribution in [1.82, 2.24) is 40.8 Å². The van der Waals surface area contributed by atoms with Crippen LogP contribution in [0.15, 0.2) is 85.2 Å². The summed E-state index contributed by atoms with van der Waals surface area (Å²) in [6.07, 6.45) is 7.32. The summed E-state index contributed by atoms with van der Waals surface area (Å²) in [5.74, 6) is -0.551. The molecule has 0 saturated heterocycles. The summed E-state index contributed by atoms with van der Waals surface area (Å²) in [5.41, 5.74) is 7.96. The summed E-state index contributed by atoms with van der Waals surface area (Å²) >= 11 is 0. The average Bonchev–Trinajstić information content (AvgIpc) is 3.75. The Hall–Kier alpha value is -5.69. The zero-order chi connectivity index (χ0) is 33.7. The number of rotatable bonds is 17. The lowest BCUT2D eigenvalue weighted by atomic mass is 10.0. The topological polar surface area (TPSA) is 169 Å². The summed E-state index contributed by atoms with van der Waals surface area (Å²) in [6.45, 7) is 4.04. The van der Waals surface area contributed by atoms with E-state index in [2.05, 4.69) is 31.3 Å². The largest absolute Gasteiger partial charge is 0.379 e. The third-order valence-corrected chi connectivity index (χ3v) is 7.72. The lowest BCUT2D eigenvalue weighted by molar-refractivity contribution is -0.129. The van der Waals surface area contributed by atoms with E-state index in [0.29, 0.717) is 55.7 Å². The maximum absolute atomic E-state index is 13.0. The van der Waals surface area contributed by atoms with Crippen molar-refractivity contribution < 1.29 is 19.6 Å². The number of amides is 2. The predicted octanol–water partition coefficient (Wildman–Crippen LogP) is 4.30. The number of hydroxylamine groups is 1. The third-order valence-electron chi connectivity index (χ3n) is 7.72. The van der Waals surface area contributed by atoms with Crippen LogP contribution in [-0.2, 0) is 24.4 Å². The first kappa shape index (κ1) is 33.7. The highest BCUT2D eigenvalue weighted by Crippen LogP contribution is 2.15. The van der Waals surface area contributed by atoms with E-state index in [1.807, 2.05) is 80.0 Å². The molecule has 0 aliphatic carbocycles. The van der Waals surface area contributed by atoms with Crippen LogP contribution in [0.2, 0.25) is 0 Å². The monoisotopic (exact) mass is 649 g/mol. The van der Waals surface area contributed by atoms with Gasteiger partial charge in [0.2, 0.25) is 5.91 Å². The highest BCUT2D eigenvalue weighted by Gasteiger charge is 2.11. The number of aryl methyl sites for hydroxylation is 1. The zero-order valence-corrected chi connectivity index (χ0v) is 26.8. The molecule has 2 heterocycles. The molecule has 0 spiro atoms. The van der Waals surface area contributed by atoms with E-state index >= 15 is 0 Å². The first-order chi connectivity index (χ1) is 23.4. The third kappa shape index (κ3) is 9.90. The standard InChI is InChI=1S/C35H39N9O4/c1-25-21-43(41-38-25)22-26-7-11-28(12-8-26)34(46)29-13-9-27(10-14-29)23-44-24-32(39-42-44)20-37-31-17-15-30(16-18-31)35(47)36-19-5-3-2-4-6-33(45)40-48/h7-18,21,24,37,48H,2-6,19-20,22-23H2,1H3,(H,36,47)(H,40,45). The molecule has 0 fully saturated rings. The Kier molecular flexibility index (Phi) is 11.7. The van der Waals surface area contributed by atoms with Gasteiger partial charge in [0.15, 0.2) is 5.78 Å². The number of carbonyl (C=O) groups is 3. The maximum Gasteiger partial charge on any atom is 0.251 e. The highest BCUT2D eigenvalue weighted by atomic mass is 16.5. The molecule has 4 N–H and O–H groups in total. The molecule has 0 bridgehead atoms. The average molecular weight is 650 g/mol. The highest BCUT2D eigenvalue weighted by molar-refractivity contribution is 6.09. The Morgan fingerprint density at radius 1 is 0.708 bits per heavy atom. The van der Waals surface area contributed by atoms with Gasteiger partial charge >= 0.3 is 0 Å². The van der Waals surface area contributed by atoms with Gasteiger partial charge in [0.25, 0.3) is 5.91 Å². The molecule has 0 unspecified atom stereocenters. The number of aromatic nitrogens is 6. The minimum absolute atomic E-state index is 0.0386. The predicted molar refractivity (Wildman–Crippen MR) is 178 cm³/mol. The van der Waals surface area contributed by atoms with E-state index < -0.39 is 0 Å². The van der Waals surface area contributed by atoms with Crippen molar-refractivity contribution in [3.05, 3.63) is 124 Å². The molecular weight excluding hydrogens is 610 g/mol. The molecule has 48 heavy (non-hydrogen) atoms. The minimum Gasteiger partial charge on any atom is -0.379 e. The number of benzene rings is 3. The van der Waals surface area contributed by atoms with Gasteiger partial charge in [-0.2, -0.15) is 0 Å². The number of unbranched alkanes of at least 4 members (excludes halogenated alkanes) is 3. The molecule has 0 aliphatic heterocycles. The molecule has 13 heteroatoms. The van der Waals surface area contributed by atoms with Crippen molar-refractivity contribution in [2.45, 2.75) is 58.7 Å². The fourth-order valence-corrected chi connectivity index (χ4v) is 5.09. The van der Waals surface area contributed by atoms with Gasteiger partial charge in [-0.25, -0.2) is 14.8 Å². The second kappa shape index (κ2) is 16.7. The minimum atomic E-state index is -0.378. The Bertz CT molecular complexity index is 1800. The summed E-state index contributed by atoms with van der Waals surface area (Å²) in [5, 5.41) is 31.3. The summed E-state index contributed by atoms with van der Waals surface area (Å²) in [4.78, 5) is 36.5. The van der Waals surface area contributed by atoms with E-state index in [0.717, 1.165) is 47.5 Å². The van der Waals surface area contributed by atoms with Crippen LogP contribution in [0.25, 0.3) is 0 Å². The molecule has 13 nitrogen and oxygen atoms in total. The summed E-state index contributed by atoms with van der Waals surface area (Å²) in [6, 6.07) is 22.3. The van der Waals surface area contributed by atoms with Crippen molar-refractivity contribution >= 4 is 23.3 Å². The van der Waals surface area contributed by atoms with Crippen LogP contribution in [0.5, 0.6) is 0 Å². The van der Waals surface area contributed by atoms with Crippen LogP contribution in [0.3, 0.4) is 0 Å². The Morgan fingerprint density at radius 3 is 1.90 bits per heavy atom. The molecule has 2 amide bonds. The van der Waals surface area contributed by atoms with Crippen LogP contribution < -0.4 is 16.1 Å². The molecule has 3 aromatic carbocycles. The smallest absolute Gasteiger partial charge is 0.251 e. The molecule has 0 atom stereocenters. The molecule has 2 aromatic heterocycles. The first-order valence-corrected chi connectivity index (χ1v) is 15.9. The zero-order valence-electron chi connectivity index (χ0n) is 26.8. The number of nitrogens with one attached hydrogen (secondary N) is 3. The number of hydrogen-bond donors (Lipinski definition) is 4. The fraction of sp³-hybridized carbons (Fsp3) is 0.286. The van der Waals surface area contributed by atoms with Gasteiger partial charge in [0.1, 0.15) is 5.69 Å². The number of hydrogen-bond acceptors (Lipinski definition) is 9. The lowest BCUT2D eigenvalue weighted by Gasteiger charge is -2.07. The molecule has 5 aromatic rings. The molecular formula is C35H39N9O4. The molecule has 0 radical (unpaired) electrons. The second-order valence-electron chi connectivity index (χ2n) is 11.6. The van der Waals surface area contributed by atoms with Crippen LogP contribution in [0.1, 0.15) is 80.9 Å². The number of nitrogens with zero attached hydrogens (tertiary/aromatic N) is 6. The van der Waals surface area contributed by atoms with Crippen molar-refractivity contribution in [3.63, 3.8) is 0 Å². The lowest BCUT2D eigenvalue weighted by Crippen LogP contribution is -2.24. The summed E-state index contributed by atoms with van der Waals surface area (Å²) in [7, 11) is 0. The Morgan fingerprint density at radius 2 is 1.29 bits per heavy atom. The van der Waals surface area contributed by atoms with Crippen LogP contribution in [-0.4, -0.2) is 59.3 Å². The summed E-state index contributed by atoms with van der Waals surface area (Å²) < 4.78 is 3.52. The van der Waals surface area contributed by atoms with Crippen LogP contribution in [0.4, 0.5) is 5.69 Å². The van der Waals surface area contributed by atoms with E-state index in [9.17, 15) is 14.4 Å². The van der Waals surface area contributed by atoms with Gasteiger partial charge < -0.3 is 10.6 Å². The van der Waals surface area contributed by atoms with Gasteiger partial charge in [0.05, 0.1) is 31.5 Å². The number of carbonyl (C=O) groups excluding carboxylic acids is 3. The van der Waals surface area contributed by atoms with E-state index in [1.165, 1.54) is 0 Å². The van der Waals surface area contributed by atoms with E-state index in [1.54, 1.807) is 27.0 Å². The van der Waals surface area contributed by atoms with Crippen molar-refractivity contribution in [2.24, 2.45) is 0 Å². The molecule has 0 aliphatic rings. The molecule has 248 valence electrons. The number of ketones is 1. The quantitative estimate of drug-likeness (QED) is 0.0497. The SMILES string of the molecule is Cc1cn(Cc2ccc(C(=O)c3ccc(Cn4cc(CNc5ccc(C(=O)NCCCCCCC(=O)NO)cc5)nn4)cc3)cc2)nn1. The number of anilines is 1. The Labute approximate surface area is 278 Å².